The van der Waals surface area contributed by atoms with Crippen LogP contribution in [0.15, 0.2) is 23.6 Å². The highest BCUT2D eigenvalue weighted by Crippen LogP contribution is 2.22. The molecule has 0 saturated carbocycles. The van der Waals surface area contributed by atoms with Crippen LogP contribution in [-0.2, 0) is 14.3 Å². The third-order valence-electron chi connectivity index (χ3n) is 3.63. The first-order valence-corrected chi connectivity index (χ1v) is 9.55. The number of rotatable bonds is 9. The zero-order valence-corrected chi connectivity index (χ0v) is 16.6. The maximum absolute atomic E-state index is 12.1. The average Bonchev–Trinajstić information content (AvgIpc) is 3.06. The van der Waals surface area contributed by atoms with E-state index in [4.69, 9.17) is 21.1 Å². The summed E-state index contributed by atoms with van der Waals surface area (Å²) in [5.41, 5.74) is 1.66. The van der Waals surface area contributed by atoms with Crippen molar-refractivity contribution in [3.05, 3.63) is 44.9 Å². The van der Waals surface area contributed by atoms with Crippen molar-refractivity contribution in [3.63, 3.8) is 0 Å². The van der Waals surface area contributed by atoms with Gasteiger partial charge in [0, 0.05) is 22.5 Å². The Bertz CT molecular complexity index is 860. The van der Waals surface area contributed by atoms with Gasteiger partial charge in [-0.3, -0.25) is 9.59 Å². The minimum absolute atomic E-state index is 0.118. The number of hydrogen-bond donors (Lipinski definition) is 0. The van der Waals surface area contributed by atoms with Gasteiger partial charge in [0.05, 0.1) is 12.7 Å². The molecular weight excluding hydrogens is 388 g/mol. The van der Waals surface area contributed by atoms with Crippen molar-refractivity contribution in [1.29, 1.82) is 5.26 Å². The molecule has 1 aromatic carbocycles. The molecule has 0 unspecified atom stereocenters. The number of ether oxygens (including phenoxy) is 2. The number of hydrogen-bond acceptors (Lipinski definition) is 7. The van der Waals surface area contributed by atoms with Crippen LogP contribution in [0.3, 0.4) is 0 Å². The molecule has 2 rings (SSSR count). The second-order valence-electron chi connectivity index (χ2n) is 5.88. The summed E-state index contributed by atoms with van der Waals surface area (Å²) >= 11 is 7.19. The van der Waals surface area contributed by atoms with Crippen LogP contribution in [0.1, 0.15) is 35.0 Å². The van der Waals surface area contributed by atoms with E-state index in [0.717, 1.165) is 11.3 Å². The molecule has 0 bridgehead atoms. The van der Waals surface area contributed by atoms with E-state index in [0.29, 0.717) is 28.8 Å². The topological polar surface area (TPSA) is 89.3 Å². The van der Waals surface area contributed by atoms with E-state index in [1.165, 1.54) is 11.3 Å². The van der Waals surface area contributed by atoms with Crippen molar-refractivity contribution in [1.82, 2.24) is 4.98 Å². The monoisotopic (exact) mass is 406 g/mol. The number of aromatic nitrogens is 1. The van der Waals surface area contributed by atoms with Gasteiger partial charge in [-0.25, -0.2) is 4.98 Å². The number of Topliss-reactive ketones (excluding diaryl/α,β-unsaturated/α-hetero) is 1. The molecular formula is C19H19ClN2O4S. The number of esters is 1. The van der Waals surface area contributed by atoms with Crippen LogP contribution in [0, 0.1) is 25.2 Å². The van der Waals surface area contributed by atoms with Gasteiger partial charge in [-0.05, 0) is 44.0 Å². The molecule has 0 fully saturated rings. The minimum Gasteiger partial charge on any atom is -0.494 e. The molecule has 142 valence electrons. The van der Waals surface area contributed by atoms with Crippen LogP contribution in [-0.4, -0.2) is 30.0 Å². The number of halogens is 1. The van der Waals surface area contributed by atoms with E-state index in [2.05, 4.69) is 4.98 Å². The van der Waals surface area contributed by atoms with Crippen molar-refractivity contribution in [2.24, 2.45) is 0 Å². The predicted octanol–water partition coefficient (Wildman–Crippen LogP) is 3.99. The number of ketones is 1. The summed E-state index contributed by atoms with van der Waals surface area (Å²) < 4.78 is 10.5. The molecule has 0 N–H and O–H groups in total. The molecule has 1 aromatic heterocycles. The van der Waals surface area contributed by atoms with Gasteiger partial charge in [0.25, 0.3) is 0 Å². The lowest BCUT2D eigenvalue weighted by Gasteiger charge is -2.08. The van der Waals surface area contributed by atoms with E-state index >= 15 is 0 Å². The molecule has 0 saturated heterocycles. The van der Waals surface area contributed by atoms with E-state index in [1.54, 1.807) is 24.4 Å². The lowest BCUT2D eigenvalue weighted by molar-refractivity contribution is -0.148. The highest BCUT2D eigenvalue weighted by Gasteiger charge is 2.24. The summed E-state index contributed by atoms with van der Waals surface area (Å²) in [5, 5.41) is 12.0. The summed E-state index contributed by atoms with van der Waals surface area (Å²) in [6.45, 7) is 3.56. The van der Waals surface area contributed by atoms with E-state index < -0.39 is 24.3 Å². The van der Waals surface area contributed by atoms with E-state index in [-0.39, 0.29) is 6.42 Å². The van der Waals surface area contributed by atoms with Crippen LogP contribution in [0.25, 0.3) is 0 Å². The minimum atomic E-state index is -1.01. The largest absolute Gasteiger partial charge is 0.494 e. The molecule has 0 amide bonds. The Morgan fingerprint density at radius 3 is 2.78 bits per heavy atom. The summed E-state index contributed by atoms with van der Waals surface area (Å²) in [6.07, 6.45) is 0.565. The molecule has 0 aliphatic rings. The highest BCUT2D eigenvalue weighted by molar-refractivity contribution is 7.09. The fourth-order valence-electron chi connectivity index (χ4n) is 2.19. The lowest BCUT2D eigenvalue weighted by Crippen LogP contribution is -2.20. The van der Waals surface area contributed by atoms with Crippen molar-refractivity contribution < 1.29 is 19.1 Å². The number of nitriles is 1. The Hall–Kier alpha value is -2.43. The molecule has 0 radical (unpaired) electrons. The number of carbonyl (C=O) groups excluding carboxylic acids is 2. The fourth-order valence-corrected chi connectivity index (χ4v) is 3.17. The first kappa shape index (κ1) is 20.9. The van der Waals surface area contributed by atoms with Gasteiger partial charge in [0.1, 0.15) is 10.8 Å². The van der Waals surface area contributed by atoms with Crippen LogP contribution in [0.4, 0.5) is 0 Å². The van der Waals surface area contributed by atoms with Gasteiger partial charge < -0.3 is 9.47 Å². The molecule has 0 spiro atoms. The van der Waals surface area contributed by atoms with Gasteiger partial charge in [-0.15, -0.1) is 11.3 Å². The van der Waals surface area contributed by atoms with Gasteiger partial charge in [0.2, 0.25) is 0 Å². The van der Waals surface area contributed by atoms with E-state index in [1.807, 2.05) is 19.1 Å². The lowest BCUT2D eigenvalue weighted by atomic mass is 10.1. The Labute approximate surface area is 166 Å². The second kappa shape index (κ2) is 10.0. The smallest absolute Gasteiger partial charge is 0.306 e. The summed E-state index contributed by atoms with van der Waals surface area (Å²) in [5.74, 6) is -1.32. The Morgan fingerprint density at radius 2 is 2.15 bits per heavy atom. The van der Waals surface area contributed by atoms with Crippen molar-refractivity contribution in [3.8, 4) is 11.8 Å². The van der Waals surface area contributed by atoms with Crippen LogP contribution < -0.4 is 4.74 Å². The quantitative estimate of drug-likeness (QED) is 0.462. The molecule has 27 heavy (non-hydrogen) atoms. The third kappa shape index (κ3) is 6.35. The van der Waals surface area contributed by atoms with Gasteiger partial charge in [0.15, 0.2) is 18.3 Å². The molecule has 1 heterocycles. The van der Waals surface area contributed by atoms with Crippen molar-refractivity contribution in [2.45, 2.75) is 32.6 Å². The molecule has 2 aromatic rings. The molecule has 6 nitrogen and oxygen atoms in total. The van der Waals surface area contributed by atoms with E-state index in [9.17, 15) is 14.9 Å². The van der Waals surface area contributed by atoms with Crippen LogP contribution in [0.2, 0.25) is 5.02 Å². The standard InChI is InChI=1S/C19H19ClN2O4S/c1-12-8-14(5-6-16(12)20)25-7-3-4-18(24)26-10-17(23)15(9-21)19-22-13(2)11-27-19/h5-6,8,11,15H,3-4,7,10H2,1-2H3/t15-/m1/s1. The van der Waals surface area contributed by atoms with Crippen molar-refractivity contribution >= 4 is 34.7 Å². The van der Waals surface area contributed by atoms with Gasteiger partial charge >= 0.3 is 5.97 Å². The Morgan fingerprint density at radius 1 is 1.37 bits per heavy atom. The maximum Gasteiger partial charge on any atom is 0.306 e. The summed E-state index contributed by atoms with van der Waals surface area (Å²) in [6, 6.07) is 7.24. The molecule has 0 aliphatic carbocycles. The molecule has 0 aliphatic heterocycles. The highest BCUT2D eigenvalue weighted by atomic mass is 35.5. The Balaban J connectivity index is 1.70. The second-order valence-corrected chi connectivity index (χ2v) is 7.18. The van der Waals surface area contributed by atoms with Crippen LogP contribution >= 0.6 is 22.9 Å². The number of thiazole rings is 1. The molecule has 1 atom stereocenters. The first-order valence-electron chi connectivity index (χ1n) is 8.29. The normalized spacial score (nSPS) is 11.5. The first-order chi connectivity index (χ1) is 12.9. The fraction of sp³-hybridized carbons (Fsp3) is 0.368. The summed E-state index contributed by atoms with van der Waals surface area (Å²) in [4.78, 5) is 28.0. The number of aryl methyl sites for hydroxylation is 2. The predicted molar refractivity (Wildman–Crippen MR) is 102 cm³/mol. The zero-order chi connectivity index (χ0) is 19.8. The van der Waals surface area contributed by atoms with Gasteiger partial charge in [-0.1, -0.05) is 11.6 Å². The number of carbonyl (C=O) groups is 2. The number of nitrogens with zero attached hydrogens (tertiary/aromatic N) is 2. The SMILES string of the molecule is Cc1csc([C@H](C#N)C(=O)COC(=O)CCCOc2ccc(Cl)c(C)c2)n1. The van der Waals surface area contributed by atoms with Gasteiger partial charge in [-0.2, -0.15) is 5.26 Å². The van der Waals surface area contributed by atoms with Crippen molar-refractivity contribution in [2.75, 3.05) is 13.2 Å². The summed E-state index contributed by atoms with van der Waals surface area (Å²) in [7, 11) is 0. The Kier molecular flexibility index (Phi) is 7.77. The molecule has 8 heteroatoms. The zero-order valence-electron chi connectivity index (χ0n) is 15.0. The third-order valence-corrected chi connectivity index (χ3v) is 5.09. The number of benzene rings is 1. The van der Waals surface area contributed by atoms with Crippen LogP contribution in [0.5, 0.6) is 5.75 Å². The average molecular weight is 407 g/mol. The maximum atomic E-state index is 12.1.